The predicted octanol–water partition coefficient (Wildman–Crippen LogP) is 1.96. The molecule has 2 aliphatic heterocycles. The van der Waals surface area contributed by atoms with Gasteiger partial charge in [0.2, 0.25) is 0 Å². The number of aromatic nitrogens is 3. The van der Waals surface area contributed by atoms with E-state index in [4.69, 9.17) is 0 Å². The number of guanidine groups is 1. The lowest BCUT2D eigenvalue weighted by molar-refractivity contribution is 0.0652. The lowest BCUT2D eigenvalue weighted by Crippen LogP contribution is -2.47. The Morgan fingerprint density at radius 3 is 2.56 bits per heavy atom. The van der Waals surface area contributed by atoms with E-state index in [2.05, 4.69) is 39.6 Å². The second kappa shape index (κ2) is 9.50. The lowest BCUT2D eigenvalue weighted by atomic mass is 10.1. The Hall–Kier alpha value is -3.23. The van der Waals surface area contributed by atoms with Crippen LogP contribution in [0, 0.1) is 0 Å². The van der Waals surface area contributed by atoms with E-state index >= 15 is 0 Å². The molecule has 1 unspecified atom stereocenters. The number of aryl methyl sites for hydroxylation is 1. The van der Waals surface area contributed by atoms with Crippen molar-refractivity contribution >= 4 is 17.8 Å². The average Bonchev–Trinajstić information content (AvgIpc) is 3.33. The molecule has 0 radical (unpaired) electrons. The molecule has 0 aliphatic carbocycles. The zero-order valence-corrected chi connectivity index (χ0v) is 19.0. The monoisotopic (exact) mass is 437 g/mol. The third kappa shape index (κ3) is 4.51. The van der Waals surface area contributed by atoms with Crippen LogP contribution in [0.3, 0.4) is 0 Å². The molecular weight excluding hydrogens is 406 g/mol. The molecule has 0 saturated heterocycles. The standard InChI is InChI=1S/C23H31N7O2/c1-15(2)20-27-19-11-10-16(14-30(19)28-20)26-23(24-3)25-12-6-7-13-29-21(31)17-8-4-5-9-18(17)22(29)32/h4-5,8-9,15-16H,6-7,10-14H2,1-3H3,(H2,24,25,26). The minimum Gasteiger partial charge on any atom is -0.356 e. The summed E-state index contributed by atoms with van der Waals surface area (Å²) < 4.78 is 2.01. The van der Waals surface area contributed by atoms with E-state index in [0.717, 1.165) is 49.8 Å². The molecule has 9 heteroatoms. The van der Waals surface area contributed by atoms with Gasteiger partial charge in [0.1, 0.15) is 5.82 Å². The van der Waals surface area contributed by atoms with E-state index in [-0.39, 0.29) is 17.9 Å². The molecule has 32 heavy (non-hydrogen) atoms. The van der Waals surface area contributed by atoms with E-state index in [1.165, 1.54) is 4.90 Å². The number of unbranched alkanes of at least 4 members (excludes halogenated alkanes) is 1. The first-order chi connectivity index (χ1) is 15.5. The van der Waals surface area contributed by atoms with Crippen LogP contribution in [0.5, 0.6) is 0 Å². The highest BCUT2D eigenvalue weighted by atomic mass is 16.2. The van der Waals surface area contributed by atoms with Gasteiger partial charge in [0.05, 0.1) is 17.7 Å². The molecule has 2 N–H and O–H groups in total. The van der Waals surface area contributed by atoms with Gasteiger partial charge in [-0.05, 0) is 31.4 Å². The maximum Gasteiger partial charge on any atom is 0.261 e. The molecule has 1 aromatic carbocycles. The van der Waals surface area contributed by atoms with Gasteiger partial charge in [-0.3, -0.25) is 19.5 Å². The fraction of sp³-hybridized carbons (Fsp3) is 0.522. The van der Waals surface area contributed by atoms with Gasteiger partial charge >= 0.3 is 0 Å². The number of rotatable bonds is 7. The number of carbonyl (C=O) groups is 2. The zero-order chi connectivity index (χ0) is 22.7. The van der Waals surface area contributed by atoms with Gasteiger partial charge in [0.25, 0.3) is 11.8 Å². The Kier molecular flexibility index (Phi) is 6.53. The number of hydrogen-bond acceptors (Lipinski definition) is 5. The summed E-state index contributed by atoms with van der Waals surface area (Å²) in [5.74, 6) is 2.66. The van der Waals surface area contributed by atoms with Crippen LogP contribution in [0.4, 0.5) is 0 Å². The molecule has 0 bridgehead atoms. The van der Waals surface area contributed by atoms with Gasteiger partial charge in [-0.2, -0.15) is 5.10 Å². The Balaban J connectivity index is 1.20. The van der Waals surface area contributed by atoms with E-state index < -0.39 is 0 Å². The highest BCUT2D eigenvalue weighted by molar-refractivity contribution is 6.21. The van der Waals surface area contributed by atoms with Crippen LogP contribution in [0.2, 0.25) is 0 Å². The Morgan fingerprint density at radius 1 is 1.19 bits per heavy atom. The summed E-state index contributed by atoms with van der Waals surface area (Å²) in [7, 11) is 1.76. The Morgan fingerprint density at radius 2 is 1.91 bits per heavy atom. The fourth-order valence-electron chi connectivity index (χ4n) is 4.12. The molecule has 4 rings (SSSR count). The third-order valence-electron chi connectivity index (χ3n) is 5.93. The van der Waals surface area contributed by atoms with Crippen molar-refractivity contribution in [3.63, 3.8) is 0 Å². The first kappa shape index (κ1) is 22.0. The van der Waals surface area contributed by atoms with Crippen LogP contribution >= 0.6 is 0 Å². The van der Waals surface area contributed by atoms with Crippen molar-refractivity contribution < 1.29 is 9.59 Å². The largest absolute Gasteiger partial charge is 0.356 e. The van der Waals surface area contributed by atoms with Gasteiger partial charge in [0.15, 0.2) is 11.8 Å². The third-order valence-corrected chi connectivity index (χ3v) is 5.93. The SMILES string of the molecule is CN=C(NCCCCN1C(=O)c2ccccc2C1=O)NC1CCc2nc(C(C)C)nn2C1. The molecule has 3 heterocycles. The first-order valence-corrected chi connectivity index (χ1v) is 11.3. The molecule has 9 nitrogen and oxygen atoms in total. The minimum atomic E-state index is -0.193. The van der Waals surface area contributed by atoms with E-state index in [0.29, 0.717) is 30.1 Å². The minimum absolute atomic E-state index is 0.193. The van der Waals surface area contributed by atoms with Gasteiger partial charge < -0.3 is 10.6 Å². The maximum absolute atomic E-state index is 12.4. The number of nitrogens with zero attached hydrogens (tertiary/aromatic N) is 5. The van der Waals surface area contributed by atoms with E-state index in [1.54, 1.807) is 31.3 Å². The molecule has 2 amide bonds. The molecule has 170 valence electrons. The van der Waals surface area contributed by atoms with Crippen molar-refractivity contribution in [1.82, 2.24) is 30.3 Å². The van der Waals surface area contributed by atoms with Crippen LogP contribution < -0.4 is 10.6 Å². The highest BCUT2D eigenvalue weighted by Gasteiger charge is 2.34. The molecule has 1 atom stereocenters. The molecule has 2 aromatic rings. The number of fused-ring (bicyclic) bond motifs is 2. The number of aliphatic imine (C=N–C) groups is 1. The normalized spacial score (nSPS) is 18.2. The zero-order valence-electron chi connectivity index (χ0n) is 19.0. The fourth-order valence-corrected chi connectivity index (χ4v) is 4.12. The quantitative estimate of drug-likeness (QED) is 0.297. The van der Waals surface area contributed by atoms with Crippen molar-refractivity contribution in [1.29, 1.82) is 0 Å². The molecule has 0 fully saturated rings. The van der Waals surface area contributed by atoms with Crippen LogP contribution in [0.25, 0.3) is 0 Å². The lowest BCUT2D eigenvalue weighted by Gasteiger charge is -2.25. The Labute approximate surface area is 188 Å². The first-order valence-electron chi connectivity index (χ1n) is 11.3. The highest BCUT2D eigenvalue weighted by Crippen LogP contribution is 2.22. The van der Waals surface area contributed by atoms with Crippen molar-refractivity contribution in [3.8, 4) is 0 Å². The second-order valence-corrected chi connectivity index (χ2v) is 8.62. The number of nitrogens with one attached hydrogen (secondary N) is 2. The van der Waals surface area contributed by atoms with Crippen LogP contribution in [-0.2, 0) is 13.0 Å². The Bertz CT molecular complexity index is 992. The maximum atomic E-state index is 12.4. The van der Waals surface area contributed by atoms with Gasteiger partial charge in [-0.25, -0.2) is 9.67 Å². The smallest absolute Gasteiger partial charge is 0.261 e. The molecule has 0 spiro atoms. The van der Waals surface area contributed by atoms with E-state index in [1.807, 2.05) is 4.68 Å². The number of imide groups is 1. The predicted molar refractivity (Wildman–Crippen MR) is 122 cm³/mol. The van der Waals surface area contributed by atoms with Crippen molar-refractivity contribution in [2.75, 3.05) is 20.1 Å². The summed E-state index contributed by atoms with van der Waals surface area (Å²) >= 11 is 0. The summed E-state index contributed by atoms with van der Waals surface area (Å²) in [4.78, 5) is 35.2. The molecule has 0 saturated carbocycles. The average molecular weight is 438 g/mol. The summed E-state index contributed by atoms with van der Waals surface area (Å²) in [6, 6.07) is 7.24. The van der Waals surface area contributed by atoms with Crippen LogP contribution in [-0.4, -0.2) is 63.6 Å². The number of hydrogen-bond donors (Lipinski definition) is 2. The summed E-state index contributed by atoms with van der Waals surface area (Å²) in [5, 5.41) is 11.4. The van der Waals surface area contributed by atoms with Gasteiger partial charge in [0, 0.05) is 38.5 Å². The second-order valence-electron chi connectivity index (χ2n) is 8.62. The van der Waals surface area contributed by atoms with Crippen molar-refractivity contribution in [2.45, 2.75) is 58.0 Å². The molecule has 2 aliphatic rings. The van der Waals surface area contributed by atoms with Gasteiger partial charge in [-0.1, -0.05) is 26.0 Å². The van der Waals surface area contributed by atoms with Crippen LogP contribution in [0.1, 0.15) is 71.4 Å². The number of amides is 2. The van der Waals surface area contributed by atoms with Crippen molar-refractivity contribution in [3.05, 3.63) is 47.0 Å². The number of benzene rings is 1. The number of carbonyl (C=O) groups excluding carboxylic acids is 2. The molecular formula is C23H31N7O2. The van der Waals surface area contributed by atoms with Crippen molar-refractivity contribution in [2.24, 2.45) is 4.99 Å². The summed E-state index contributed by atoms with van der Waals surface area (Å²) in [5.41, 5.74) is 1.01. The summed E-state index contributed by atoms with van der Waals surface area (Å²) in [6.45, 7) is 6.13. The molecule has 1 aromatic heterocycles. The van der Waals surface area contributed by atoms with E-state index in [9.17, 15) is 9.59 Å². The van der Waals surface area contributed by atoms with Gasteiger partial charge in [-0.15, -0.1) is 0 Å². The summed E-state index contributed by atoms with van der Waals surface area (Å²) in [6.07, 6.45) is 3.44. The topological polar surface area (TPSA) is 105 Å². The van der Waals surface area contributed by atoms with Crippen LogP contribution in [0.15, 0.2) is 29.3 Å².